The molecule has 0 saturated heterocycles. The van der Waals surface area contributed by atoms with E-state index < -0.39 is 0 Å². The van der Waals surface area contributed by atoms with E-state index in [1.54, 1.807) is 0 Å². The minimum absolute atomic E-state index is 0.0477. The van der Waals surface area contributed by atoms with Crippen LogP contribution in [0.4, 0.5) is 0 Å². The van der Waals surface area contributed by atoms with Crippen molar-refractivity contribution in [2.45, 2.75) is 19.3 Å². The Balaban J connectivity index is 1.24. The molecule has 0 fully saturated rings. The summed E-state index contributed by atoms with van der Waals surface area (Å²) in [6.07, 6.45) is 0. The zero-order valence-corrected chi connectivity index (χ0v) is 25.2. The van der Waals surface area contributed by atoms with Crippen LogP contribution < -0.4 is 0 Å². The highest BCUT2D eigenvalue weighted by Crippen LogP contribution is 2.49. The van der Waals surface area contributed by atoms with Gasteiger partial charge in [-0.05, 0) is 69.4 Å². The molecule has 0 bridgehead atoms. The van der Waals surface area contributed by atoms with Crippen molar-refractivity contribution in [3.05, 3.63) is 139 Å². The van der Waals surface area contributed by atoms with Gasteiger partial charge in [0, 0.05) is 42.3 Å². The summed E-state index contributed by atoms with van der Waals surface area (Å²) < 4.78 is 2.55. The zero-order valence-electron chi connectivity index (χ0n) is 24.4. The highest BCUT2D eigenvalue weighted by molar-refractivity contribution is 7.25. The van der Waals surface area contributed by atoms with Gasteiger partial charge in [0.2, 0.25) is 0 Å². The van der Waals surface area contributed by atoms with E-state index in [0.29, 0.717) is 17.5 Å². The van der Waals surface area contributed by atoms with Crippen LogP contribution >= 0.6 is 11.3 Å². The van der Waals surface area contributed by atoms with Crippen LogP contribution in [0.3, 0.4) is 0 Å². The van der Waals surface area contributed by atoms with Gasteiger partial charge in [-0.2, -0.15) is 0 Å². The van der Waals surface area contributed by atoms with Gasteiger partial charge in [-0.1, -0.05) is 105 Å². The van der Waals surface area contributed by atoms with E-state index in [9.17, 15) is 0 Å². The third-order valence-corrected chi connectivity index (χ3v) is 10.2. The Morgan fingerprint density at radius 1 is 0.455 bits per heavy atom. The standard InChI is InChI=1S/C40H27N3S/c1-40(2)33-15-9-8-14-29(33)30-21-27(16-18-34(30)40)38-41-37(24-10-4-3-5-11-24)42-39(43-38)28-17-19-35-31(22-28)32-20-25-12-6-7-13-26(25)23-36(32)44-35/h3-23H,1-2H3. The fraction of sp³-hybridized carbons (Fsp3) is 0.0750. The lowest BCUT2D eigenvalue weighted by Gasteiger charge is -2.21. The Morgan fingerprint density at radius 2 is 1.05 bits per heavy atom. The van der Waals surface area contributed by atoms with Crippen LogP contribution in [0.2, 0.25) is 0 Å². The van der Waals surface area contributed by atoms with E-state index in [0.717, 1.165) is 16.7 Å². The first-order valence-electron chi connectivity index (χ1n) is 14.9. The molecule has 0 unspecified atom stereocenters. The lowest BCUT2D eigenvalue weighted by molar-refractivity contribution is 0.660. The van der Waals surface area contributed by atoms with Crippen molar-refractivity contribution in [2.75, 3.05) is 0 Å². The summed E-state index contributed by atoms with van der Waals surface area (Å²) >= 11 is 1.83. The third-order valence-electron chi connectivity index (χ3n) is 9.10. The Hall–Kier alpha value is -5.19. The van der Waals surface area contributed by atoms with E-state index >= 15 is 0 Å². The van der Waals surface area contributed by atoms with Crippen LogP contribution in [0.1, 0.15) is 25.0 Å². The highest BCUT2D eigenvalue weighted by atomic mass is 32.1. The molecule has 9 rings (SSSR count). The number of rotatable bonds is 3. The van der Waals surface area contributed by atoms with E-state index in [-0.39, 0.29) is 5.41 Å². The van der Waals surface area contributed by atoms with Crippen molar-refractivity contribution in [2.24, 2.45) is 0 Å². The van der Waals surface area contributed by atoms with Gasteiger partial charge in [-0.3, -0.25) is 0 Å². The van der Waals surface area contributed by atoms with E-state index in [2.05, 4.69) is 123 Å². The van der Waals surface area contributed by atoms with Crippen molar-refractivity contribution in [3.63, 3.8) is 0 Å². The van der Waals surface area contributed by atoms with Crippen molar-refractivity contribution in [1.29, 1.82) is 0 Å². The molecule has 44 heavy (non-hydrogen) atoms. The third kappa shape index (κ3) is 3.84. The van der Waals surface area contributed by atoms with E-state index in [4.69, 9.17) is 15.0 Å². The molecule has 0 amide bonds. The lowest BCUT2D eigenvalue weighted by atomic mass is 9.82. The fourth-order valence-electron chi connectivity index (χ4n) is 6.81. The molecule has 6 aromatic carbocycles. The second kappa shape index (κ2) is 9.40. The first kappa shape index (κ1) is 25.3. The molecule has 1 aliphatic rings. The van der Waals surface area contributed by atoms with Crippen LogP contribution in [0.15, 0.2) is 127 Å². The molecule has 208 valence electrons. The van der Waals surface area contributed by atoms with Crippen LogP contribution in [-0.4, -0.2) is 15.0 Å². The number of hydrogen-bond acceptors (Lipinski definition) is 4. The van der Waals surface area contributed by atoms with Gasteiger partial charge in [-0.15, -0.1) is 11.3 Å². The molecule has 0 saturated carbocycles. The van der Waals surface area contributed by atoms with Crippen LogP contribution in [0, 0.1) is 0 Å². The highest BCUT2D eigenvalue weighted by Gasteiger charge is 2.35. The summed E-state index contributed by atoms with van der Waals surface area (Å²) in [5.41, 5.74) is 8.13. The Labute approximate surface area is 259 Å². The summed E-state index contributed by atoms with van der Waals surface area (Å²) in [5.74, 6) is 2.03. The maximum Gasteiger partial charge on any atom is 0.164 e. The van der Waals surface area contributed by atoms with Crippen LogP contribution in [-0.2, 0) is 5.41 Å². The SMILES string of the molecule is CC1(C)c2ccccc2-c2cc(-c3nc(-c4ccccc4)nc(-c4ccc5sc6cc7ccccc7cc6c5c4)n3)ccc21. The normalized spacial score (nSPS) is 13.4. The number of thiophene rings is 1. The number of aromatic nitrogens is 3. The Bertz CT molecular complexity index is 2420. The fourth-order valence-corrected chi connectivity index (χ4v) is 7.93. The average Bonchev–Trinajstić information content (AvgIpc) is 3.54. The maximum atomic E-state index is 5.12. The summed E-state index contributed by atoms with van der Waals surface area (Å²) in [5, 5.41) is 5.01. The van der Waals surface area contributed by atoms with E-state index in [1.807, 2.05) is 29.5 Å². The van der Waals surface area contributed by atoms with Gasteiger partial charge in [0.1, 0.15) is 0 Å². The second-order valence-corrected chi connectivity index (χ2v) is 13.2. The molecule has 2 aromatic heterocycles. The minimum Gasteiger partial charge on any atom is -0.208 e. The van der Waals surface area contributed by atoms with Gasteiger partial charge >= 0.3 is 0 Å². The molecule has 3 nitrogen and oxygen atoms in total. The molecule has 0 aliphatic heterocycles. The van der Waals surface area contributed by atoms with Crippen LogP contribution in [0.25, 0.3) is 76.2 Å². The van der Waals surface area contributed by atoms with E-state index in [1.165, 1.54) is 53.2 Å². The number of hydrogen-bond donors (Lipinski definition) is 0. The van der Waals surface area contributed by atoms with Crippen molar-refractivity contribution in [3.8, 4) is 45.3 Å². The molecule has 1 aliphatic carbocycles. The largest absolute Gasteiger partial charge is 0.208 e. The molecule has 0 spiro atoms. The second-order valence-electron chi connectivity index (χ2n) is 12.1. The summed E-state index contributed by atoms with van der Waals surface area (Å²) in [6, 6.07) is 45.4. The predicted molar refractivity (Wildman–Crippen MR) is 184 cm³/mol. The monoisotopic (exact) mass is 581 g/mol. The van der Waals surface area contributed by atoms with Gasteiger partial charge in [-0.25, -0.2) is 15.0 Å². The maximum absolute atomic E-state index is 5.12. The molecule has 4 heteroatoms. The summed E-state index contributed by atoms with van der Waals surface area (Å²) in [6.45, 7) is 4.61. The van der Waals surface area contributed by atoms with Gasteiger partial charge in [0.15, 0.2) is 17.5 Å². The summed E-state index contributed by atoms with van der Waals surface area (Å²) in [7, 11) is 0. The van der Waals surface area contributed by atoms with Crippen molar-refractivity contribution < 1.29 is 0 Å². The van der Waals surface area contributed by atoms with Crippen molar-refractivity contribution in [1.82, 2.24) is 15.0 Å². The van der Waals surface area contributed by atoms with Gasteiger partial charge in [0.25, 0.3) is 0 Å². The molecule has 2 heterocycles. The number of nitrogens with zero attached hydrogens (tertiary/aromatic N) is 3. The smallest absolute Gasteiger partial charge is 0.164 e. The lowest BCUT2D eigenvalue weighted by Crippen LogP contribution is -2.14. The first-order chi connectivity index (χ1) is 21.5. The van der Waals surface area contributed by atoms with Gasteiger partial charge in [0.05, 0.1) is 0 Å². The first-order valence-corrected chi connectivity index (χ1v) is 15.8. The molecular formula is C40H27N3S. The average molecular weight is 582 g/mol. The van der Waals surface area contributed by atoms with Crippen molar-refractivity contribution >= 4 is 42.3 Å². The molecule has 0 atom stereocenters. The zero-order chi connectivity index (χ0) is 29.4. The Morgan fingerprint density at radius 3 is 1.84 bits per heavy atom. The predicted octanol–water partition coefficient (Wildman–Crippen LogP) is 10.7. The number of benzene rings is 6. The molecule has 0 radical (unpaired) electrons. The quantitative estimate of drug-likeness (QED) is 0.208. The number of fused-ring (bicyclic) bond motifs is 7. The minimum atomic E-state index is -0.0477. The molecule has 8 aromatic rings. The Kier molecular flexibility index (Phi) is 5.41. The van der Waals surface area contributed by atoms with Crippen LogP contribution in [0.5, 0.6) is 0 Å². The molecular weight excluding hydrogens is 555 g/mol. The topological polar surface area (TPSA) is 38.7 Å². The molecule has 0 N–H and O–H groups in total. The van der Waals surface area contributed by atoms with Gasteiger partial charge < -0.3 is 0 Å². The summed E-state index contributed by atoms with van der Waals surface area (Å²) in [4.78, 5) is 15.2.